The monoisotopic (exact) mass is 624 g/mol. The highest BCUT2D eigenvalue weighted by Gasteiger charge is 2.25. The number of benzene rings is 3. The van der Waals surface area contributed by atoms with Gasteiger partial charge in [-0.1, -0.05) is 59.6 Å². The zero-order valence-electron chi connectivity index (χ0n) is 25.4. The van der Waals surface area contributed by atoms with Gasteiger partial charge in [-0.25, -0.2) is 0 Å². The van der Waals surface area contributed by atoms with Crippen LogP contribution in [-0.4, -0.2) is 36.4 Å². The molecular weight excluding hydrogens is 588 g/mol. The van der Waals surface area contributed by atoms with E-state index in [0.717, 1.165) is 44.2 Å². The van der Waals surface area contributed by atoms with Crippen LogP contribution < -0.4 is 15.5 Å². The summed E-state index contributed by atoms with van der Waals surface area (Å²) in [7, 11) is 1.54. The summed E-state index contributed by atoms with van der Waals surface area (Å²) < 4.78 is 11.1. The van der Waals surface area contributed by atoms with E-state index >= 15 is 0 Å². The summed E-state index contributed by atoms with van der Waals surface area (Å²) in [5, 5.41) is 4.15. The third kappa shape index (κ3) is 7.31. The Bertz CT molecular complexity index is 1790. The molecule has 2 amide bonds. The van der Waals surface area contributed by atoms with Crippen molar-refractivity contribution in [1.29, 1.82) is 0 Å². The lowest BCUT2D eigenvalue weighted by molar-refractivity contribution is -0.128. The zero-order chi connectivity index (χ0) is 31.3. The number of hydrogen-bond donors (Lipinski definition) is 1. The second-order valence-corrected chi connectivity index (χ2v) is 12.4. The topological polar surface area (TPSA) is 88.9 Å². The Hall–Kier alpha value is -4.36. The molecular formula is C37H37ClN2O5. The molecule has 8 heteroatoms. The Kier molecular flexibility index (Phi) is 9.36. The maximum Gasteiger partial charge on any atom is 0.287 e. The van der Waals surface area contributed by atoms with Crippen molar-refractivity contribution in [3.05, 3.63) is 122 Å². The number of rotatable bonds is 9. The number of carbonyl (C=O) groups excluding carboxylic acids is 2. The van der Waals surface area contributed by atoms with E-state index in [1.807, 2.05) is 29.2 Å². The maximum atomic E-state index is 13.5. The molecule has 4 aromatic rings. The summed E-state index contributed by atoms with van der Waals surface area (Å²) in [5.41, 5.74) is 4.92. The fourth-order valence-electron chi connectivity index (χ4n) is 6.54. The number of halogens is 1. The molecule has 1 aliphatic heterocycles. The van der Waals surface area contributed by atoms with E-state index < -0.39 is 5.91 Å². The van der Waals surface area contributed by atoms with Crippen LogP contribution in [0.1, 0.15) is 71.7 Å². The fourth-order valence-corrected chi connectivity index (χ4v) is 6.67. The molecule has 2 fully saturated rings. The van der Waals surface area contributed by atoms with Crippen molar-refractivity contribution in [2.24, 2.45) is 0 Å². The van der Waals surface area contributed by atoms with Crippen LogP contribution in [0.5, 0.6) is 5.75 Å². The number of amides is 2. The van der Waals surface area contributed by atoms with Gasteiger partial charge >= 0.3 is 0 Å². The van der Waals surface area contributed by atoms with Crippen LogP contribution in [0.15, 0.2) is 93.7 Å². The van der Waals surface area contributed by atoms with Gasteiger partial charge in [0.1, 0.15) is 11.3 Å². The third-order valence-corrected chi connectivity index (χ3v) is 9.19. The maximum absolute atomic E-state index is 13.5. The second-order valence-electron chi connectivity index (χ2n) is 12.0. The summed E-state index contributed by atoms with van der Waals surface area (Å²) in [6.45, 7) is 1.52. The lowest BCUT2D eigenvalue weighted by atomic mass is 9.79. The number of nitrogens with zero attached hydrogens (tertiary/aromatic N) is 1. The third-order valence-electron chi connectivity index (χ3n) is 8.94. The minimum Gasteiger partial charge on any atom is -0.497 e. The summed E-state index contributed by atoms with van der Waals surface area (Å²) in [4.78, 5) is 40.5. The lowest BCUT2D eigenvalue weighted by Crippen LogP contribution is -2.36. The molecule has 2 heterocycles. The van der Waals surface area contributed by atoms with Gasteiger partial charge in [0.2, 0.25) is 5.91 Å². The molecule has 0 radical (unpaired) electrons. The molecule has 0 spiro atoms. The molecule has 232 valence electrons. The standard InChI is InChI=1S/C37H37ClN2O5/c1-44-30-16-17-32-33(41)22-35(45-34(32)21-30)37(43)39-29(20-25-10-14-28(38)15-11-25)19-24-8-12-26(13-9-24)31-6-3-2-5-27(31)23-40-18-4-7-36(40)42/h2-3,5-6,10-11,14-17,19,21-22,26,29H,4,7-9,12-13,18,20,23H2,1H3,(H,39,43)/t26?,29-/m0/s1. The Morgan fingerprint density at radius 3 is 2.56 bits per heavy atom. The summed E-state index contributed by atoms with van der Waals surface area (Å²) in [5.74, 6) is 0.708. The van der Waals surface area contributed by atoms with Crippen LogP contribution in [0.3, 0.4) is 0 Å². The predicted molar refractivity (Wildman–Crippen MR) is 176 cm³/mol. The number of ether oxygens (including phenoxy) is 1. The van der Waals surface area contributed by atoms with Crippen molar-refractivity contribution in [3.63, 3.8) is 0 Å². The van der Waals surface area contributed by atoms with Crippen LogP contribution in [0.2, 0.25) is 5.02 Å². The highest BCUT2D eigenvalue weighted by molar-refractivity contribution is 6.30. The molecule has 2 aliphatic rings. The minimum absolute atomic E-state index is 0.0444. The first-order valence-electron chi connectivity index (χ1n) is 15.6. The Labute approximate surface area is 267 Å². The van der Waals surface area contributed by atoms with Gasteiger partial charge in [-0.05, 0) is 85.4 Å². The molecule has 45 heavy (non-hydrogen) atoms. The van der Waals surface area contributed by atoms with Crippen LogP contribution in [0, 0.1) is 0 Å². The van der Waals surface area contributed by atoms with E-state index in [-0.39, 0.29) is 23.1 Å². The van der Waals surface area contributed by atoms with E-state index in [1.165, 1.54) is 29.9 Å². The van der Waals surface area contributed by atoms with Crippen LogP contribution in [0.25, 0.3) is 11.0 Å². The molecule has 1 aliphatic carbocycles. The Morgan fingerprint density at radius 1 is 1.04 bits per heavy atom. The summed E-state index contributed by atoms with van der Waals surface area (Å²) in [6, 6.07) is 22.0. The van der Waals surface area contributed by atoms with Gasteiger partial charge in [0.25, 0.3) is 5.91 Å². The molecule has 3 aromatic carbocycles. The zero-order valence-corrected chi connectivity index (χ0v) is 26.1. The predicted octanol–water partition coefficient (Wildman–Crippen LogP) is 7.20. The van der Waals surface area contributed by atoms with Gasteiger partial charge in [0, 0.05) is 36.7 Å². The van der Waals surface area contributed by atoms with E-state index in [4.69, 9.17) is 20.8 Å². The number of allylic oxidation sites excluding steroid dienone is 1. The van der Waals surface area contributed by atoms with Crippen LogP contribution >= 0.6 is 11.6 Å². The number of fused-ring (bicyclic) bond motifs is 1. The lowest BCUT2D eigenvalue weighted by Gasteiger charge is -2.28. The molecule has 7 nitrogen and oxygen atoms in total. The van der Waals surface area contributed by atoms with E-state index in [9.17, 15) is 14.4 Å². The van der Waals surface area contributed by atoms with Crippen LogP contribution in [-0.2, 0) is 17.8 Å². The van der Waals surface area contributed by atoms with E-state index in [0.29, 0.717) is 47.0 Å². The van der Waals surface area contributed by atoms with Crippen molar-refractivity contribution in [2.75, 3.05) is 13.7 Å². The number of methoxy groups -OCH3 is 1. The van der Waals surface area contributed by atoms with Crippen molar-refractivity contribution < 1.29 is 18.7 Å². The highest BCUT2D eigenvalue weighted by atomic mass is 35.5. The number of nitrogens with one attached hydrogen (secondary N) is 1. The van der Waals surface area contributed by atoms with Crippen molar-refractivity contribution in [3.8, 4) is 5.75 Å². The Balaban J connectivity index is 1.19. The Morgan fingerprint density at radius 2 is 1.82 bits per heavy atom. The molecule has 0 unspecified atom stereocenters. The molecule has 1 atom stereocenters. The average Bonchev–Trinajstić information content (AvgIpc) is 3.46. The first-order valence-corrected chi connectivity index (χ1v) is 16.0. The van der Waals surface area contributed by atoms with Crippen molar-refractivity contribution in [2.45, 2.75) is 63.5 Å². The minimum atomic E-state index is -0.452. The van der Waals surface area contributed by atoms with Gasteiger partial charge in [-0.15, -0.1) is 0 Å². The molecule has 0 bridgehead atoms. The number of carbonyl (C=O) groups is 2. The molecule has 1 saturated heterocycles. The first-order chi connectivity index (χ1) is 21.9. The van der Waals surface area contributed by atoms with Gasteiger partial charge in [-0.2, -0.15) is 0 Å². The summed E-state index contributed by atoms with van der Waals surface area (Å²) >= 11 is 6.13. The van der Waals surface area contributed by atoms with E-state index in [2.05, 4.69) is 35.7 Å². The first kappa shape index (κ1) is 30.7. The normalized spacial score (nSPS) is 17.4. The fraction of sp³-hybridized carbons (Fsp3) is 0.324. The van der Waals surface area contributed by atoms with Crippen LogP contribution in [0.4, 0.5) is 0 Å². The molecule has 1 aromatic heterocycles. The van der Waals surface area contributed by atoms with Crippen molar-refractivity contribution >= 4 is 34.4 Å². The second kappa shape index (κ2) is 13.7. The van der Waals surface area contributed by atoms with Gasteiger partial charge in [0.05, 0.1) is 18.5 Å². The van der Waals surface area contributed by atoms with Gasteiger partial charge in [0.15, 0.2) is 11.2 Å². The number of likely N-dealkylation sites (tertiary alicyclic amines) is 1. The van der Waals surface area contributed by atoms with Gasteiger partial charge < -0.3 is 19.4 Å². The SMILES string of the molecule is COc1ccc2c(=O)cc(C(=O)N[C@@H](C=C3CCC(c4ccccc4CN4CCCC4=O)CC3)Cc3ccc(Cl)cc3)oc2c1. The summed E-state index contributed by atoms with van der Waals surface area (Å²) in [6.07, 6.45) is 8.15. The smallest absolute Gasteiger partial charge is 0.287 e. The van der Waals surface area contributed by atoms with Gasteiger partial charge in [-0.3, -0.25) is 14.4 Å². The highest BCUT2D eigenvalue weighted by Crippen LogP contribution is 2.37. The largest absolute Gasteiger partial charge is 0.497 e. The average molecular weight is 625 g/mol. The molecule has 1 saturated carbocycles. The molecule has 1 N–H and O–H groups in total. The van der Waals surface area contributed by atoms with E-state index in [1.54, 1.807) is 18.2 Å². The molecule has 6 rings (SSSR count). The number of hydrogen-bond acceptors (Lipinski definition) is 5. The van der Waals surface area contributed by atoms with Crippen molar-refractivity contribution in [1.82, 2.24) is 10.2 Å². The quantitative estimate of drug-likeness (QED) is 0.199.